The highest BCUT2D eigenvalue weighted by molar-refractivity contribution is 5.74. The van der Waals surface area contributed by atoms with Gasteiger partial charge < -0.3 is 4.57 Å². The zero-order valence-corrected chi connectivity index (χ0v) is 11.5. The van der Waals surface area contributed by atoms with Crippen LogP contribution >= 0.6 is 0 Å². The lowest BCUT2D eigenvalue weighted by atomic mass is 9.67. The molecule has 2 nitrogen and oxygen atoms in total. The van der Waals surface area contributed by atoms with E-state index in [4.69, 9.17) is 0 Å². The molecular weight excluding hydrogens is 208 g/mol. The predicted molar refractivity (Wildman–Crippen MR) is 70.4 cm³/mol. The van der Waals surface area contributed by atoms with Crippen molar-refractivity contribution in [2.45, 2.75) is 40.5 Å². The SMILES string of the molecule is CC1=C(c2nccn2C)[C@]2(C)CC[C@@H]1C2(C)C. The fourth-order valence-corrected chi connectivity index (χ4v) is 4.34. The summed E-state index contributed by atoms with van der Waals surface area (Å²) in [7, 11) is 2.10. The van der Waals surface area contributed by atoms with Crippen molar-refractivity contribution in [3.8, 4) is 0 Å². The van der Waals surface area contributed by atoms with Crippen LogP contribution in [0.5, 0.6) is 0 Å². The fourth-order valence-electron chi connectivity index (χ4n) is 4.34. The first kappa shape index (κ1) is 11.1. The molecule has 0 spiro atoms. The summed E-state index contributed by atoms with van der Waals surface area (Å²) in [6.07, 6.45) is 6.63. The monoisotopic (exact) mass is 230 g/mol. The fraction of sp³-hybridized carbons (Fsp3) is 0.667. The Labute approximate surface area is 104 Å². The van der Waals surface area contributed by atoms with E-state index >= 15 is 0 Å². The zero-order valence-electron chi connectivity index (χ0n) is 11.5. The van der Waals surface area contributed by atoms with Crippen LogP contribution in [0.3, 0.4) is 0 Å². The van der Waals surface area contributed by atoms with Gasteiger partial charge in [-0.2, -0.15) is 0 Å². The Kier molecular flexibility index (Phi) is 1.98. The number of nitrogens with zero attached hydrogens (tertiary/aromatic N) is 2. The van der Waals surface area contributed by atoms with Crippen molar-refractivity contribution >= 4 is 5.57 Å². The molecule has 0 saturated heterocycles. The van der Waals surface area contributed by atoms with Crippen molar-refractivity contribution in [1.29, 1.82) is 0 Å². The molecule has 17 heavy (non-hydrogen) atoms. The van der Waals surface area contributed by atoms with Gasteiger partial charge in [0, 0.05) is 30.4 Å². The minimum Gasteiger partial charge on any atom is -0.334 e. The molecule has 1 aromatic heterocycles. The molecule has 0 N–H and O–H groups in total. The topological polar surface area (TPSA) is 17.8 Å². The molecule has 0 aromatic carbocycles. The van der Waals surface area contributed by atoms with E-state index in [1.54, 1.807) is 5.57 Å². The zero-order chi connectivity index (χ0) is 12.4. The quantitative estimate of drug-likeness (QED) is 0.720. The average Bonchev–Trinajstić information content (AvgIpc) is 2.77. The van der Waals surface area contributed by atoms with Gasteiger partial charge in [0.05, 0.1) is 0 Å². The smallest absolute Gasteiger partial charge is 0.136 e. The Morgan fingerprint density at radius 2 is 2.06 bits per heavy atom. The van der Waals surface area contributed by atoms with Crippen LogP contribution in [0.1, 0.15) is 46.4 Å². The summed E-state index contributed by atoms with van der Waals surface area (Å²) in [6, 6.07) is 0. The highest BCUT2D eigenvalue weighted by Crippen LogP contribution is 2.69. The maximum Gasteiger partial charge on any atom is 0.136 e. The van der Waals surface area contributed by atoms with E-state index in [0.717, 1.165) is 5.92 Å². The third-order valence-corrected chi connectivity index (χ3v) is 5.74. The number of imidazole rings is 1. The van der Waals surface area contributed by atoms with E-state index in [2.05, 4.69) is 50.5 Å². The number of aromatic nitrogens is 2. The molecule has 2 atom stereocenters. The molecular formula is C15H22N2. The average molecular weight is 230 g/mol. The molecule has 0 amide bonds. The van der Waals surface area contributed by atoms with Crippen LogP contribution in [-0.2, 0) is 7.05 Å². The Hall–Kier alpha value is -1.05. The number of hydrogen-bond donors (Lipinski definition) is 0. The molecule has 0 aliphatic heterocycles. The molecule has 1 heterocycles. The minimum absolute atomic E-state index is 0.306. The molecule has 1 saturated carbocycles. The highest BCUT2D eigenvalue weighted by atomic mass is 15.0. The number of fused-ring (bicyclic) bond motifs is 2. The first-order valence-electron chi connectivity index (χ1n) is 6.58. The summed E-state index contributed by atoms with van der Waals surface area (Å²) < 4.78 is 2.17. The first-order valence-corrected chi connectivity index (χ1v) is 6.58. The summed E-state index contributed by atoms with van der Waals surface area (Å²) >= 11 is 0. The van der Waals surface area contributed by atoms with Crippen LogP contribution in [0.15, 0.2) is 18.0 Å². The molecule has 2 bridgehead atoms. The maximum absolute atomic E-state index is 4.58. The normalized spacial score (nSPS) is 34.8. The standard InChI is InChI=1S/C15H22N2/c1-10-11-6-7-15(4,14(11,2)3)12(10)13-16-8-9-17(13)5/h8-9,11H,6-7H2,1-5H3/t11-,15-/m0/s1. The van der Waals surface area contributed by atoms with Crippen LogP contribution in [0.4, 0.5) is 0 Å². The lowest BCUT2D eigenvalue weighted by Crippen LogP contribution is -2.30. The van der Waals surface area contributed by atoms with Gasteiger partial charge in [-0.3, -0.25) is 0 Å². The van der Waals surface area contributed by atoms with Gasteiger partial charge in [0.2, 0.25) is 0 Å². The van der Waals surface area contributed by atoms with Gasteiger partial charge >= 0.3 is 0 Å². The largest absolute Gasteiger partial charge is 0.334 e. The lowest BCUT2D eigenvalue weighted by Gasteiger charge is -2.37. The lowest BCUT2D eigenvalue weighted by molar-refractivity contribution is 0.186. The molecule has 1 aromatic rings. The molecule has 92 valence electrons. The number of allylic oxidation sites excluding steroid dienone is 2. The molecule has 2 heteroatoms. The molecule has 3 rings (SSSR count). The van der Waals surface area contributed by atoms with Crippen molar-refractivity contribution in [3.63, 3.8) is 0 Å². The Morgan fingerprint density at radius 1 is 1.35 bits per heavy atom. The minimum atomic E-state index is 0.306. The summed E-state index contributed by atoms with van der Waals surface area (Å²) in [5.41, 5.74) is 3.79. The van der Waals surface area contributed by atoms with Gasteiger partial charge in [0.15, 0.2) is 0 Å². The van der Waals surface area contributed by atoms with Gasteiger partial charge in [0.1, 0.15) is 5.82 Å². The van der Waals surface area contributed by atoms with Crippen molar-refractivity contribution < 1.29 is 0 Å². The summed E-state index contributed by atoms with van der Waals surface area (Å²) in [5, 5.41) is 0. The molecule has 2 aliphatic carbocycles. The summed E-state index contributed by atoms with van der Waals surface area (Å²) in [6.45, 7) is 9.63. The van der Waals surface area contributed by atoms with Crippen molar-refractivity contribution in [3.05, 3.63) is 23.8 Å². The Balaban J connectivity index is 2.22. The first-order chi connectivity index (χ1) is 7.89. The van der Waals surface area contributed by atoms with Crippen LogP contribution in [0.2, 0.25) is 0 Å². The second-order valence-electron chi connectivity index (χ2n) is 6.56. The number of rotatable bonds is 1. The van der Waals surface area contributed by atoms with E-state index in [9.17, 15) is 0 Å². The van der Waals surface area contributed by atoms with Gasteiger partial charge in [-0.25, -0.2) is 4.98 Å². The molecule has 0 unspecified atom stereocenters. The Bertz CT molecular complexity index is 507. The van der Waals surface area contributed by atoms with Crippen LogP contribution < -0.4 is 0 Å². The van der Waals surface area contributed by atoms with Gasteiger partial charge in [-0.1, -0.05) is 26.3 Å². The second-order valence-corrected chi connectivity index (χ2v) is 6.56. The van der Waals surface area contributed by atoms with Crippen LogP contribution in [0, 0.1) is 16.7 Å². The van der Waals surface area contributed by atoms with E-state index in [0.29, 0.717) is 10.8 Å². The Morgan fingerprint density at radius 3 is 2.53 bits per heavy atom. The molecule has 0 radical (unpaired) electrons. The highest BCUT2D eigenvalue weighted by Gasteiger charge is 2.60. The van der Waals surface area contributed by atoms with Gasteiger partial charge in [-0.05, 0) is 31.1 Å². The van der Waals surface area contributed by atoms with Gasteiger partial charge in [0.25, 0.3) is 0 Å². The van der Waals surface area contributed by atoms with Crippen LogP contribution in [-0.4, -0.2) is 9.55 Å². The van der Waals surface area contributed by atoms with E-state index in [1.165, 1.54) is 24.2 Å². The van der Waals surface area contributed by atoms with Crippen molar-refractivity contribution in [2.24, 2.45) is 23.8 Å². The molecule has 2 aliphatic rings. The number of aryl methyl sites for hydroxylation is 1. The van der Waals surface area contributed by atoms with Crippen molar-refractivity contribution in [1.82, 2.24) is 9.55 Å². The van der Waals surface area contributed by atoms with Crippen molar-refractivity contribution in [2.75, 3.05) is 0 Å². The predicted octanol–water partition coefficient (Wildman–Crippen LogP) is 3.65. The summed E-state index contributed by atoms with van der Waals surface area (Å²) in [4.78, 5) is 4.58. The van der Waals surface area contributed by atoms with E-state index in [-0.39, 0.29) is 0 Å². The molecule has 1 fully saturated rings. The van der Waals surface area contributed by atoms with Gasteiger partial charge in [-0.15, -0.1) is 0 Å². The summed E-state index contributed by atoms with van der Waals surface area (Å²) in [5.74, 6) is 1.93. The maximum atomic E-state index is 4.58. The van der Waals surface area contributed by atoms with Crippen LogP contribution in [0.25, 0.3) is 5.57 Å². The number of hydrogen-bond acceptors (Lipinski definition) is 1. The second kappa shape index (κ2) is 3.04. The third kappa shape index (κ3) is 1.09. The van der Waals surface area contributed by atoms with E-state index in [1.807, 2.05) is 6.20 Å². The van der Waals surface area contributed by atoms with E-state index < -0.39 is 0 Å². The third-order valence-electron chi connectivity index (χ3n) is 5.74.